The molecule has 0 aromatic carbocycles. The highest BCUT2D eigenvalue weighted by atomic mass is 16.7. The molecule has 0 bridgehead atoms. The van der Waals surface area contributed by atoms with Gasteiger partial charge in [0.25, 0.3) is 0 Å². The van der Waals surface area contributed by atoms with Crippen molar-refractivity contribution in [2.45, 2.75) is 121 Å². The second kappa shape index (κ2) is 8.91. The molecule has 4 aliphatic carbocycles. The first kappa shape index (κ1) is 25.9. The van der Waals surface area contributed by atoms with Crippen LogP contribution in [0.5, 0.6) is 0 Å². The van der Waals surface area contributed by atoms with Crippen LogP contribution in [0.2, 0.25) is 0 Å². The normalized spacial score (nSPS) is 56.0. The van der Waals surface area contributed by atoms with Gasteiger partial charge in [0, 0.05) is 5.54 Å². The molecule has 1 saturated heterocycles. The van der Waals surface area contributed by atoms with Crippen LogP contribution >= 0.6 is 0 Å². The summed E-state index contributed by atoms with van der Waals surface area (Å²) < 4.78 is 17.1. The summed E-state index contributed by atoms with van der Waals surface area (Å²) in [6.07, 6.45) is 3.50. The van der Waals surface area contributed by atoms with Gasteiger partial charge >= 0.3 is 5.97 Å². The summed E-state index contributed by atoms with van der Waals surface area (Å²) in [5.41, 5.74) is 6.94. The van der Waals surface area contributed by atoms with E-state index in [0.29, 0.717) is 17.8 Å². The second-order valence-corrected chi connectivity index (χ2v) is 12.8. The molecule has 5 N–H and O–H groups in total. The zero-order valence-corrected chi connectivity index (χ0v) is 21.7. The third kappa shape index (κ3) is 3.73. The minimum absolute atomic E-state index is 0.0465. The van der Waals surface area contributed by atoms with E-state index in [4.69, 9.17) is 19.9 Å². The lowest BCUT2D eigenvalue weighted by Crippen LogP contribution is -2.67. The van der Waals surface area contributed by atoms with E-state index in [1.54, 1.807) is 6.92 Å². The largest absolute Gasteiger partial charge is 0.469 e. The van der Waals surface area contributed by atoms with Crippen LogP contribution in [0.25, 0.3) is 0 Å². The summed E-state index contributed by atoms with van der Waals surface area (Å²) in [5, 5.41) is 30.5. The van der Waals surface area contributed by atoms with E-state index in [1.165, 1.54) is 7.11 Å². The summed E-state index contributed by atoms with van der Waals surface area (Å²) in [6.45, 7) is 6.36. The topological polar surface area (TPSA) is 131 Å². The molecule has 5 fully saturated rings. The van der Waals surface area contributed by atoms with Crippen molar-refractivity contribution in [1.82, 2.24) is 0 Å². The molecule has 0 spiro atoms. The first-order valence-electron chi connectivity index (χ1n) is 13.7. The Balaban J connectivity index is 1.29. The van der Waals surface area contributed by atoms with E-state index < -0.39 is 30.7 Å². The first-order chi connectivity index (χ1) is 16.5. The van der Waals surface area contributed by atoms with Gasteiger partial charge in [0.1, 0.15) is 18.3 Å². The Morgan fingerprint density at radius 1 is 0.943 bits per heavy atom. The van der Waals surface area contributed by atoms with Crippen molar-refractivity contribution in [1.29, 1.82) is 0 Å². The summed E-state index contributed by atoms with van der Waals surface area (Å²) in [4.78, 5) is 12.6. The number of carbonyl (C=O) groups is 1. The number of aliphatic hydroxyl groups is 3. The number of methoxy groups -OCH3 is 1. The van der Waals surface area contributed by atoms with Crippen LogP contribution in [0.4, 0.5) is 0 Å². The maximum Gasteiger partial charge on any atom is 0.309 e. The Morgan fingerprint density at radius 3 is 2.40 bits per heavy atom. The quantitative estimate of drug-likeness (QED) is 0.346. The monoisotopic (exact) mass is 495 g/mol. The first-order valence-corrected chi connectivity index (χ1v) is 13.7. The van der Waals surface area contributed by atoms with Crippen LogP contribution in [-0.4, -0.2) is 70.7 Å². The summed E-state index contributed by atoms with van der Waals surface area (Å²) >= 11 is 0. The molecule has 35 heavy (non-hydrogen) atoms. The van der Waals surface area contributed by atoms with E-state index in [9.17, 15) is 20.1 Å². The van der Waals surface area contributed by atoms with Crippen molar-refractivity contribution in [3.8, 4) is 0 Å². The van der Waals surface area contributed by atoms with Gasteiger partial charge in [-0.25, -0.2) is 0 Å². The van der Waals surface area contributed by atoms with Crippen LogP contribution < -0.4 is 5.73 Å². The molecule has 8 heteroatoms. The number of carbonyl (C=O) groups excluding carboxylic acids is 1. The molecule has 0 aromatic heterocycles. The van der Waals surface area contributed by atoms with Crippen LogP contribution in [0.1, 0.15) is 78.6 Å². The smallest absolute Gasteiger partial charge is 0.309 e. The molecule has 5 rings (SSSR count). The number of fused-ring (bicyclic) bond motifs is 5. The van der Waals surface area contributed by atoms with E-state index in [-0.39, 0.29) is 34.4 Å². The van der Waals surface area contributed by atoms with Gasteiger partial charge in [-0.05, 0) is 93.3 Å². The van der Waals surface area contributed by atoms with Gasteiger partial charge in [-0.1, -0.05) is 13.8 Å². The Kier molecular flexibility index (Phi) is 6.59. The third-order valence-electron chi connectivity index (χ3n) is 11.6. The molecule has 0 aromatic rings. The number of nitrogens with two attached hydrogens (primary N) is 1. The number of hydrogen-bond donors (Lipinski definition) is 4. The number of hydrogen-bond acceptors (Lipinski definition) is 8. The minimum atomic E-state index is -1.27. The molecule has 200 valence electrons. The fraction of sp³-hybridized carbons (Fsp3) is 0.963. The average Bonchev–Trinajstić information content (AvgIpc) is 3.12. The Bertz CT molecular complexity index is 825. The van der Waals surface area contributed by atoms with Crippen LogP contribution in [0.3, 0.4) is 0 Å². The number of ether oxygens (including phenoxy) is 3. The zero-order chi connectivity index (χ0) is 25.3. The Labute approximate surface area is 208 Å². The molecule has 4 saturated carbocycles. The average molecular weight is 496 g/mol. The number of rotatable bonds is 3. The third-order valence-corrected chi connectivity index (χ3v) is 11.6. The Hall–Kier alpha value is -0.770. The van der Waals surface area contributed by atoms with Crippen molar-refractivity contribution in [2.75, 3.05) is 7.11 Å². The van der Waals surface area contributed by atoms with Crippen molar-refractivity contribution < 1.29 is 34.3 Å². The predicted molar refractivity (Wildman–Crippen MR) is 128 cm³/mol. The molecule has 0 amide bonds. The lowest BCUT2D eigenvalue weighted by Gasteiger charge is -2.64. The zero-order valence-electron chi connectivity index (χ0n) is 21.7. The van der Waals surface area contributed by atoms with Crippen molar-refractivity contribution >= 4 is 5.97 Å². The fourth-order valence-corrected chi connectivity index (χ4v) is 9.25. The molecule has 0 radical (unpaired) electrons. The standard InChI is InChI=1S/C27H45NO7/c1-14-20(29)21(30)22(31)24(34-14)35-16-7-10-25(2)15(13-16)5-6-18-17(25)8-11-26(3)19(23(32)33-4)9-12-27(18,26)28/h14-22,24,29-31H,5-13,28H2,1-4H3/t14-,15?,16-,17-,18+,19+,20-,21+,22+,24-,25-,26+,27?/m0/s1. The minimum Gasteiger partial charge on any atom is -0.469 e. The summed E-state index contributed by atoms with van der Waals surface area (Å²) in [6, 6.07) is 0. The van der Waals surface area contributed by atoms with Crippen LogP contribution in [0, 0.1) is 34.5 Å². The number of esters is 1. The molecule has 2 unspecified atom stereocenters. The van der Waals surface area contributed by atoms with Gasteiger partial charge in [0.15, 0.2) is 6.29 Å². The lowest BCUT2D eigenvalue weighted by molar-refractivity contribution is -0.309. The van der Waals surface area contributed by atoms with E-state index in [2.05, 4.69) is 13.8 Å². The highest BCUT2D eigenvalue weighted by Gasteiger charge is 2.67. The fourth-order valence-electron chi connectivity index (χ4n) is 9.25. The van der Waals surface area contributed by atoms with Gasteiger partial charge < -0.3 is 35.3 Å². The molecule has 1 aliphatic heterocycles. The summed E-state index contributed by atoms with van der Waals surface area (Å²) in [5.74, 6) is 1.24. The SMILES string of the molecule is COC(=O)[C@H]1CCC2(N)[C@@H]3CCC4C[C@@H](O[C@@H]5O[C@@H](C)[C@H](O)[C@@H](O)[C@H]5O)CC[C@]4(C)[C@H]3CC[C@]12C. The van der Waals surface area contributed by atoms with Gasteiger partial charge in [-0.2, -0.15) is 0 Å². The van der Waals surface area contributed by atoms with E-state index >= 15 is 0 Å². The Morgan fingerprint density at radius 2 is 1.69 bits per heavy atom. The molecule has 13 atom stereocenters. The maximum atomic E-state index is 12.6. The maximum absolute atomic E-state index is 12.6. The number of aliphatic hydroxyl groups excluding tert-OH is 3. The summed E-state index contributed by atoms with van der Waals surface area (Å²) in [7, 11) is 1.49. The van der Waals surface area contributed by atoms with Crippen molar-refractivity contribution in [3.63, 3.8) is 0 Å². The van der Waals surface area contributed by atoms with Gasteiger partial charge in [-0.3, -0.25) is 4.79 Å². The highest BCUT2D eigenvalue weighted by molar-refractivity contribution is 5.74. The molecular formula is C27H45NO7. The predicted octanol–water partition coefficient (Wildman–Crippen LogP) is 2.11. The van der Waals surface area contributed by atoms with Gasteiger partial charge in [-0.15, -0.1) is 0 Å². The lowest BCUT2D eigenvalue weighted by atomic mass is 9.42. The van der Waals surface area contributed by atoms with Crippen molar-refractivity contribution in [3.05, 3.63) is 0 Å². The van der Waals surface area contributed by atoms with E-state index in [1.807, 2.05) is 0 Å². The molecule has 5 aliphatic rings. The molecule has 1 heterocycles. The van der Waals surface area contributed by atoms with Crippen LogP contribution in [0.15, 0.2) is 0 Å². The van der Waals surface area contributed by atoms with Gasteiger partial charge in [0.2, 0.25) is 0 Å². The molecule has 8 nitrogen and oxygen atoms in total. The highest BCUT2D eigenvalue weighted by Crippen LogP contribution is 2.68. The molecular weight excluding hydrogens is 450 g/mol. The van der Waals surface area contributed by atoms with Crippen LogP contribution in [-0.2, 0) is 19.0 Å². The van der Waals surface area contributed by atoms with E-state index in [0.717, 1.165) is 57.8 Å². The van der Waals surface area contributed by atoms with Crippen molar-refractivity contribution in [2.24, 2.45) is 40.2 Å². The second-order valence-electron chi connectivity index (χ2n) is 12.8. The van der Waals surface area contributed by atoms with Gasteiger partial charge in [0.05, 0.1) is 25.2 Å².